The number of nitrogens with zero attached hydrogens (tertiary/aromatic N) is 2. The fourth-order valence-electron chi connectivity index (χ4n) is 2.54. The first-order valence-electron chi connectivity index (χ1n) is 8.20. The molecule has 0 bridgehead atoms. The highest BCUT2D eigenvalue weighted by Crippen LogP contribution is 2.32. The Morgan fingerprint density at radius 3 is 2.50 bits per heavy atom. The Labute approximate surface area is 164 Å². The van der Waals surface area contributed by atoms with Gasteiger partial charge in [0.25, 0.3) is 16.8 Å². The number of rotatable bonds is 5. The summed E-state index contributed by atoms with van der Waals surface area (Å²) in [6.45, 7) is 1.46. The maximum absolute atomic E-state index is 12.5. The van der Waals surface area contributed by atoms with E-state index in [-0.39, 0.29) is 10.6 Å². The number of non-ortho nitro benzene ring substituents is 1. The minimum Gasteiger partial charge on any atom is -0.325 e. The molecule has 28 heavy (non-hydrogen) atoms. The van der Waals surface area contributed by atoms with Gasteiger partial charge in [-0.25, -0.2) is 0 Å². The molecule has 0 saturated carbocycles. The van der Waals surface area contributed by atoms with Gasteiger partial charge in [-0.15, -0.1) is 0 Å². The molecule has 142 valence electrons. The summed E-state index contributed by atoms with van der Waals surface area (Å²) in [5, 5.41) is 12.6. The van der Waals surface area contributed by atoms with E-state index in [4.69, 9.17) is 0 Å². The second-order valence-corrected chi connectivity index (χ2v) is 6.97. The number of nitro groups is 1. The van der Waals surface area contributed by atoms with E-state index < -0.39 is 28.5 Å². The number of thioether (sulfide) groups is 1. The van der Waals surface area contributed by atoms with Crippen LogP contribution in [0.1, 0.15) is 11.1 Å². The summed E-state index contributed by atoms with van der Waals surface area (Å²) in [5.74, 6) is -1.11. The van der Waals surface area contributed by atoms with Crippen LogP contribution in [0, 0.1) is 17.0 Å². The molecule has 3 amide bonds. The number of hydrogen-bond acceptors (Lipinski definition) is 6. The zero-order chi connectivity index (χ0) is 20.3. The summed E-state index contributed by atoms with van der Waals surface area (Å²) >= 11 is 0.782. The van der Waals surface area contributed by atoms with Crippen LogP contribution in [0.5, 0.6) is 0 Å². The SMILES string of the molecule is Cc1ccccc1/C=C1\SC(=O)N(CC(=O)Nc2ccc([N+](=O)[O-])cc2)C1=O. The minimum absolute atomic E-state index is 0.106. The van der Waals surface area contributed by atoms with Gasteiger partial charge in [0.2, 0.25) is 5.91 Å². The van der Waals surface area contributed by atoms with Crippen LogP contribution in [0.4, 0.5) is 16.2 Å². The summed E-state index contributed by atoms with van der Waals surface area (Å²) in [4.78, 5) is 48.1. The molecule has 1 heterocycles. The van der Waals surface area contributed by atoms with Crippen LogP contribution in [0.2, 0.25) is 0 Å². The number of nitrogens with one attached hydrogen (secondary N) is 1. The predicted molar refractivity (Wildman–Crippen MR) is 106 cm³/mol. The number of amides is 3. The normalized spacial score (nSPS) is 15.2. The molecule has 1 N–H and O–H groups in total. The molecular formula is C19H15N3O5S. The molecule has 0 aromatic heterocycles. The van der Waals surface area contributed by atoms with E-state index in [0.717, 1.165) is 27.8 Å². The predicted octanol–water partition coefficient (Wildman–Crippen LogP) is 3.58. The minimum atomic E-state index is -0.576. The smallest absolute Gasteiger partial charge is 0.294 e. The van der Waals surface area contributed by atoms with Crippen molar-refractivity contribution in [3.05, 3.63) is 74.7 Å². The molecule has 9 heteroatoms. The van der Waals surface area contributed by atoms with Crippen molar-refractivity contribution < 1.29 is 19.3 Å². The van der Waals surface area contributed by atoms with Crippen LogP contribution in [0.3, 0.4) is 0 Å². The quantitative estimate of drug-likeness (QED) is 0.469. The van der Waals surface area contributed by atoms with Crippen LogP contribution in [0.25, 0.3) is 6.08 Å². The fourth-order valence-corrected chi connectivity index (χ4v) is 3.37. The van der Waals surface area contributed by atoms with Gasteiger partial charge in [0.05, 0.1) is 9.83 Å². The Morgan fingerprint density at radius 2 is 1.86 bits per heavy atom. The van der Waals surface area contributed by atoms with Gasteiger partial charge in [-0.05, 0) is 48.0 Å². The third-order valence-corrected chi connectivity index (χ3v) is 4.92. The number of imide groups is 1. The number of aryl methyl sites for hydroxylation is 1. The van der Waals surface area contributed by atoms with Gasteiger partial charge < -0.3 is 5.32 Å². The monoisotopic (exact) mass is 397 g/mol. The molecule has 0 unspecified atom stereocenters. The summed E-state index contributed by atoms with van der Waals surface area (Å²) in [6, 6.07) is 12.7. The zero-order valence-electron chi connectivity index (χ0n) is 14.7. The molecular weight excluding hydrogens is 382 g/mol. The lowest BCUT2D eigenvalue weighted by molar-refractivity contribution is -0.384. The first-order valence-corrected chi connectivity index (χ1v) is 9.02. The number of anilines is 1. The Bertz CT molecular complexity index is 1000. The molecule has 2 aromatic carbocycles. The number of carbonyl (C=O) groups excluding carboxylic acids is 3. The molecule has 0 spiro atoms. The molecule has 1 saturated heterocycles. The second-order valence-electron chi connectivity index (χ2n) is 5.98. The van der Waals surface area contributed by atoms with E-state index in [2.05, 4.69) is 5.32 Å². The van der Waals surface area contributed by atoms with E-state index in [0.29, 0.717) is 5.69 Å². The maximum atomic E-state index is 12.5. The van der Waals surface area contributed by atoms with Crippen molar-refractivity contribution in [2.24, 2.45) is 0 Å². The largest absolute Gasteiger partial charge is 0.325 e. The van der Waals surface area contributed by atoms with Crippen LogP contribution in [-0.4, -0.2) is 33.4 Å². The van der Waals surface area contributed by atoms with Crippen LogP contribution in [0.15, 0.2) is 53.4 Å². The third-order valence-electron chi connectivity index (χ3n) is 4.01. The van der Waals surface area contributed by atoms with E-state index in [1.807, 2.05) is 31.2 Å². The first-order chi connectivity index (χ1) is 13.3. The average molecular weight is 397 g/mol. The van der Waals surface area contributed by atoms with Crippen molar-refractivity contribution in [2.75, 3.05) is 11.9 Å². The van der Waals surface area contributed by atoms with Crippen molar-refractivity contribution in [1.82, 2.24) is 4.90 Å². The van der Waals surface area contributed by atoms with Gasteiger partial charge in [-0.1, -0.05) is 24.3 Å². The van der Waals surface area contributed by atoms with Gasteiger partial charge in [0.1, 0.15) is 6.54 Å². The number of carbonyl (C=O) groups is 3. The van der Waals surface area contributed by atoms with E-state index in [1.54, 1.807) is 6.08 Å². The van der Waals surface area contributed by atoms with E-state index >= 15 is 0 Å². The standard InChI is InChI=1S/C19H15N3O5S/c1-12-4-2-3-5-13(12)10-16-18(24)21(19(25)28-16)11-17(23)20-14-6-8-15(9-7-14)22(26)27/h2-10H,11H2,1H3,(H,20,23)/b16-10-. The third kappa shape index (κ3) is 4.26. The van der Waals surface area contributed by atoms with Crippen molar-refractivity contribution >= 4 is 46.3 Å². The van der Waals surface area contributed by atoms with Crippen molar-refractivity contribution in [1.29, 1.82) is 0 Å². The number of nitro benzene ring substituents is 1. The maximum Gasteiger partial charge on any atom is 0.294 e. The van der Waals surface area contributed by atoms with Crippen LogP contribution in [-0.2, 0) is 9.59 Å². The molecule has 0 aliphatic carbocycles. The molecule has 1 fully saturated rings. The molecule has 1 aliphatic heterocycles. The number of benzene rings is 2. The van der Waals surface area contributed by atoms with Gasteiger partial charge in [-0.3, -0.25) is 29.4 Å². The zero-order valence-corrected chi connectivity index (χ0v) is 15.6. The second kappa shape index (κ2) is 8.05. The average Bonchev–Trinajstić information content (AvgIpc) is 2.91. The molecule has 0 radical (unpaired) electrons. The molecule has 1 aliphatic rings. The Kier molecular flexibility index (Phi) is 5.55. The van der Waals surface area contributed by atoms with Gasteiger partial charge in [0.15, 0.2) is 0 Å². The van der Waals surface area contributed by atoms with E-state index in [9.17, 15) is 24.5 Å². The van der Waals surface area contributed by atoms with Crippen molar-refractivity contribution in [3.8, 4) is 0 Å². The summed E-state index contributed by atoms with van der Waals surface area (Å²) in [6.07, 6.45) is 1.63. The lowest BCUT2D eigenvalue weighted by Crippen LogP contribution is -2.36. The number of hydrogen-bond donors (Lipinski definition) is 1. The highest BCUT2D eigenvalue weighted by Gasteiger charge is 2.36. The van der Waals surface area contributed by atoms with Gasteiger partial charge >= 0.3 is 0 Å². The lowest BCUT2D eigenvalue weighted by Gasteiger charge is -2.12. The lowest BCUT2D eigenvalue weighted by atomic mass is 10.1. The summed E-state index contributed by atoms with van der Waals surface area (Å²) < 4.78 is 0. The summed E-state index contributed by atoms with van der Waals surface area (Å²) in [5.41, 5.74) is 2.01. The molecule has 3 rings (SSSR count). The topological polar surface area (TPSA) is 110 Å². The van der Waals surface area contributed by atoms with E-state index in [1.165, 1.54) is 24.3 Å². The highest BCUT2D eigenvalue weighted by molar-refractivity contribution is 8.18. The van der Waals surface area contributed by atoms with Gasteiger partial charge in [-0.2, -0.15) is 0 Å². The van der Waals surface area contributed by atoms with Crippen molar-refractivity contribution in [3.63, 3.8) is 0 Å². The van der Waals surface area contributed by atoms with Crippen molar-refractivity contribution in [2.45, 2.75) is 6.92 Å². The molecule has 0 atom stereocenters. The van der Waals surface area contributed by atoms with Crippen LogP contribution < -0.4 is 5.32 Å². The van der Waals surface area contributed by atoms with Gasteiger partial charge in [0, 0.05) is 17.8 Å². The summed E-state index contributed by atoms with van der Waals surface area (Å²) in [7, 11) is 0. The van der Waals surface area contributed by atoms with Crippen LogP contribution >= 0.6 is 11.8 Å². The fraction of sp³-hybridized carbons (Fsp3) is 0.105. The molecule has 2 aromatic rings. The Hall–Kier alpha value is -3.46. The molecule has 8 nitrogen and oxygen atoms in total. The highest BCUT2D eigenvalue weighted by atomic mass is 32.2. The Morgan fingerprint density at radius 1 is 1.18 bits per heavy atom. The first kappa shape index (κ1) is 19.3. The Balaban J connectivity index is 1.68.